The second-order valence-corrected chi connectivity index (χ2v) is 9.40. The standard InChI is InChI=1S/C21H21N3O3S2/c1-3-14-11(2)29-21-18(14)20(23-19(24-21)12-4-5-12)28-9-17(25)22-13-6-7-15-16(8-13)27-10-26-15/h6-8,12H,3-5,9-10H2,1-2H3,(H,22,25). The van der Waals surface area contributed by atoms with E-state index < -0.39 is 0 Å². The highest BCUT2D eigenvalue weighted by Gasteiger charge is 2.29. The number of hydrogen-bond acceptors (Lipinski definition) is 7. The maximum atomic E-state index is 12.6. The largest absolute Gasteiger partial charge is 0.454 e. The predicted octanol–water partition coefficient (Wildman–Crippen LogP) is 4.90. The van der Waals surface area contributed by atoms with Gasteiger partial charge in [-0.3, -0.25) is 4.79 Å². The molecule has 6 nitrogen and oxygen atoms in total. The van der Waals surface area contributed by atoms with Crippen LogP contribution in [0.25, 0.3) is 10.2 Å². The second-order valence-electron chi connectivity index (χ2n) is 7.24. The SMILES string of the molecule is CCc1c(C)sc2nc(C3CC3)nc(SCC(=O)Nc3ccc4c(c3)OCO4)c12. The zero-order valence-electron chi connectivity index (χ0n) is 16.3. The van der Waals surface area contributed by atoms with Crippen LogP contribution in [0.1, 0.15) is 41.9 Å². The summed E-state index contributed by atoms with van der Waals surface area (Å²) in [5.74, 6) is 2.99. The lowest BCUT2D eigenvalue weighted by atomic mass is 10.1. The average Bonchev–Trinajstić information content (AvgIpc) is 3.36. The van der Waals surface area contributed by atoms with Gasteiger partial charge in [0, 0.05) is 27.9 Å². The Morgan fingerprint density at radius 1 is 1.28 bits per heavy atom. The van der Waals surface area contributed by atoms with Crippen LogP contribution in [0.2, 0.25) is 0 Å². The van der Waals surface area contributed by atoms with Crippen molar-refractivity contribution in [2.75, 3.05) is 17.9 Å². The van der Waals surface area contributed by atoms with E-state index in [0.29, 0.717) is 28.9 Å². The molecule has 0 atom stereocenters. The molecule has 1 fully saturated rings. The molecule has 0 bridgehead atoms. The van der Waals surface area contributed by atoms with Gasteiger partial charge in [-0.25, -0.2) is 9.97 Å². The van der Waals surface area contributed by atoms with Gasteiger partial charge in [0.25, 0.3) is 0 Å². The van der Waals surface area contributed by atoms with E-state index in [0.717, 1.165) is 40.3 Å². The van der Waals surface area contributed by atoms with Crippen LogP contribution in [-0.2, 0) is 11.2 Å². The zero-order valence-corrected chi connectivity index (χ0v) is 17.9. The van der Waals surface area contributed by atoms with Gasteiger partial charge >= 0.3 is 0 Å². The summed E-state index contributed by atoms with van der Waals surface area (Å²) in [4.78, 5) is 24.6. The van der Waals surface area contributed by atoms with Crippen molar-refractivity contribution in [1.29, 1.82) is 0 Å². The Balaban J connectivity index is 1.36. The Bertz CT molecular complexity index is 1110. The van der Waals surface area contributed by atoms with E-state index in [1.54, 1.807) is 17.4 Å². The third-order valence-corrected chi connectivity index (χ3v) is 7.15. The molecular weight excluding hydrogens is 406 g/mol. The number of hydrogen-bond donors (Lipinski definition) is 1. The Morgan fingerprint density at radius 2 is 2.10 bits per heavy atom. The molecule has 0 unspecified atom stereocenters. The Morgan fingerprint density at radius 3 is 2.90 bits per heavy atom. The van der Waals surface area contributed by atoms with Gasteiger partial charge in [0.2, 0.25) is 12.7 Å². The highest BCUT2D eigenvalue weighted by atomic mass is 32.2. The minimum Gasteiger partial charge on any atom is -0.454 e. The molecule has 5 rings (SSSR count). The highest BCUT2D eigenvalue weighted by Crippen LogP contribution is 2.42. The molecule has 29 heavy (non-hydrogen) atoms. The Labute approximate surface area is 177 Å². The molecule has 1 saturated carbocycles. The van der Waals surface area contributed by atoms with Crippen LogP contribution in [0.15, 0.2) is 23.2 Å². The minimum absolute atomic E-state index is 0.0707. The molecular formula is C21H21N3O3S2. The first kappa shape index (κ1) is 18.7. The lowest BCUT2D eigenvalue weighted by molar-refractivity contribution is -0.113. The fraction of sp³-hybridized carbons (Fsp3) is 0.381. The molecule has 0 spiro atoms. The number of aromatic nitrogens is 2. The second kappa shape index (κ2) is 7.50. The third kappa shape index (κ3) is 3.67. The van der Waals surface area contributed by atoms with Crippen molar-refractivity contribution in [1.82, 2.24) is 9.97 Å². The summed E-state index contributed by atoms with van der Waals surface area (Å²) in [5.41, 5.74) is 2.00. The number of aryl methyl sites for hydroxylation is 2. The number of nitrogens with one attached hydrogen (secondary N) is 1. The highest BCUT2D eigenvalue weighted by molar-refractivity contribution is 8.00. The monoisotopic (exact) mass is 427 g/mol. The summed E-state index contributed by atoms with van der Waals surface area (Å²) in [6, 6.07) is 5.42. The summed E-state index contributed by atoms with van der Waals surface area (Å²) >= 11 is 3.23. The normalized spacial score (nSPS) is 15.1. The van der Waals surface area contributed by atoms with E-state index in [9.17, 15) is 4.79 Å². The van der Waals surface area contributed by atoms with Crippen LogP contribution in [-0.4, -0.2) is 28.4 Å². The van der Waals surface area contributed by atoms with Crippen molar-refractivity contribution in [2.45, 2.75) is 44.1 Å². The Hall–Kier alpha value is -2.32. The molecule has 8 heteroatoms. The number of carbonyl (C=O) groups excluding carboxylic acids is 1. The average molecular weight is 428 g/mol. The first-order valence-corrected chi connectivity index (χ1v) is 11.5. The van der Waals surface area contributed by atoms with Crippen molar-refractivity contribution >= 4 is 44.9 Å². The molecule has 2 aliphatic rings. The first-order valence-electron chi connectivity index (χ1n) is 9.74. The number of thioether (sulfide) groups is 1. The third-order valence-electron chi connectivity index (χ3n) is 5.13. The fourth-order valence-electron chi connectivity index (χ4n) is 3.51. The molecule has 0 saturated heterocycles. The summed E-state index contributed by atoms with van der Waals surface area (Å²) in [6.07, 6.45) is 3.26. The summed E-state index contributed by atoms with van der Waals surface area (Å²) < 4.78 is 10.7. The number of amides is 1. The first-order chi connectivity index (χ1) is 14.1. The smallest absolute Gasteiger partial charge is 0.234 e. The van der Waals surface area contributed by atoms with Gasteiger partial charge in [-0.2, -0.15) is 0 Å². The number of nitrogens with zero attached hydrogens (tertiary/aromatic N) is 2. The molecule has 3 heterocycles. The van der Waals surface area contributed by atoms with Gasteiger partial charge in [-0.15, -0.1) is 11.3 Å². The molecule has 150 valence electrons. The van der Waals surface area contributed by atoms with Gasteiger partial charge in [-0.1, -0.05) is 18.7 Å². The van der Waals surface area contributed by atoms with Crippen LogP contribution >= 0.6 is 23.1 Å². The lowest BCUT2D eigenvalue weighted by Gasteiger charge is -2.08. The topological polar surface area (TPSA) is 73.3 Å². The van der Waals surface area contributed by atoms with Crippen LogP contribution in [0.4, 0.5) is 5.69 Å². The van der Waals surface area contributed by atoms with Gasteiger partial charge in [-0.05, 0) is 43.9 Å². The summed E-state index contributed by atoms with van der Waals surface area (Å²) in [5, 5.41) is 4.99. The van der Waals surface area contributed by atoms with Gasteiger partial charge < -0.3 is 14.8 Å². The predicted molar refractivity (Wildman–Crippen MR) is 115 cm³/mol. The minimum atomic E-state index is -0.0707. The summed E-state index contributed by atoms with van der Waals surface area (Å²) in [6.45, 7) is 4.52. The van der Waals surface area contributed by atoms with E-state index in [1.807, 2.05) is 12.1 Å². The van der Waals surface area contributed by atoms with E-state index >= 15 is 0 Å². The van der Waals surface area contributed by atoms with Crippen molar-refractivity contribution in [2.24, 2.45) is 0 Å². The number of anilines is 1. The molecule has 1 amide bonds. The number of ether oxygens (including phenoxy) is 2. The van der Waals surface area contributed by atoms with E-state index in [4.69, 9.17) is 19.4 Å². The van der Waals surface area contributed by atoms with Crippen LogP contribution in [0.5, 0.6) is 11.5 Å². The van der Waals surface area contributed by atoms with Crippen molar-refractivity contribution in [3.63, 3.8) is 0 Å². The number of fused-ring (bicyclic) bond motifs is 2. The zero-order chi connectivity index (χ0) is 20.0. The van der Waals surface area contributed by atoms with Gasteiger partial charge in [0.05, 0.1) is 5.75 Å². The van der Waals surface area contributed by atoms with Crippen LogP contribution in [0.3, 0.4) is 0 Å². The van der Waals surface area contributed by atoms with Gasteiger partial charge in [0.1, 0.15) is 15.7 Å². The van der Waals surface area contributed by atoms with E-state index in [1.165, 1.54) is 22.2 Å². The fourth-order valence-corrected chi connectivity index (χ4v) is 5.56. The molecule has 1 N–H and O–H groups in total. The van der Waals surface area contributed by atoms with Crippen LogP contribution in [0, 0.1) is 6.92 Å². The van der Waals surface area contributed by atoms with Crippen molar-refractivity contribution in [3.8, 4) is 11.5 Å². The molecule has 3 aromatic rings. The molecule has 1 aliphatic heterocycles. The van der Waals surface area contributed by atoms with Crippen molar-refractivity contribution in [3.05, 3.63) is 34.5 Å². The Kier molecular flexibility index (Phi) is 4.83. The maximum Gasteiger partial charge on any atom is 0.234 e. The van der Waals surface area contributed by atoms with Crippen LogP contribution < -0.4 is 14.8 Å². The lowest BCUT2D eigenvalue weighted by Crippen LogP contribution is -2.14. The van der Waals surface area contributed by atoms with Gasteiger partial charge in [0.15, 0.2) is 11.5 Å². The number of rotatable bonds is 6. The maximum absolute atomic E-state index is 12.6. The van der Waals surface area contributed by atoms with Crippen molar-refractivity contribution < 1.29 is 14.3 Å². The van der Waals surface area contributed by atoms with E-state index in [2.05, 4.69) is 19.2 Å². The molecule has 0 radical (unpaired) electrons. The van der Waals surface area contributed by atoms with E-state index in [-0.39, 0.29) is 12.7 Å². The molecule has 2 aromatic heterocycles. The number of thiophene rings is 1. The molecule has 1 aromatic carbocycles. The quantitative estimate of drug-likeness (QED) is 0.446. The number of benzene rings is 1. The molecule has 1 aliphatic carbocycles. The summed E-state index contributed by atoms with van der Waals surface area (Å²) in [7, 11) is 0. The number of carbonyl (C=O) groups is 1.